The third kappa shape index (κ3) is 5.31. The minimum atomic E-state index is -3.74. The quantitative estimate of drug-likeness (QED) is 0.668. The summed E-state index contributed by atoms with van der Waals surface area (Å²) >= 11 is 0. The molecule has 0 fully saturated rings. The second kappa shape index (κ2) is 9.49. The number of aryl methyl sites for hydroxylation is 1. The molecule has 0 saturated heterocycles. The Bertz CT molecular complexity index is 988. The maximum absolute atomic E-state index is 12.8. The van der Waals surface area contributed by atoms with Crippen molar-refractivity contribution in [1.82, 2.24) is 0 Å². The Morgan fingerprint density at radius 3 is 2.50 bits per heavy atom. The highest BCUT2D eigenvalue weighted by atomic mass is 32.2. The first-order valence-corrected chi connectivity index (χ1v) is 11.6. The molecule has 1 aliphatic rings. The SMILES string of the molecule is COCCN1CCCc2ccc(NS(=O)(=O)c3ccc(NC(=O)C(C)C)cc3)cc21. The molecule has 8 heteroatoms. The van der Waals surface area contributed by atoms with E-state index in [9.17, 15) is 13.2 Å². The van der Waals surface area contributed by atoms with Crippen molar-refractivity contribution in [2.45, 2.75) is 31.6 Å². The van der Waals surface area contributed by atoms with Crippen molar-refractivity contribution in [1.29, 1.82) is 0 Å². The zero-order valence-corrected chi connectivity index (χ0v) is 18.5. The number of rotatable bonds is 8. The molecule has 0 bridgehead atoms. The van der Waals surface area contributed by atoms with E-state index in [1.807, 2.05) is 12.1 Å². The molecule has 0 saturated carbocycles. The molecular formula is C22H29N3O4S. The number of carbonyl (C=O) groups excluding carboxylic acids is 1. The van der Waals surface area contributed by atoms with Crippen molar-refractivity contribution in [2.75, 3.05) is 41.7 Å². The third-order valence-electron chi connectivity index (χ3n) is 5.07. The minimum Gasteiger partial charge on any atom is -0.383 e. The Morgan fingerprint density at radius 1 is 1.13 bits per heavy atom. The van der Waals surface area contributed by atoms with Crippen LogP contribution in [0.15, 0.2) is 47.4 Å². The molecule has 1 aliphatic heterocycles. The lowest BCUT2D eigenvalue weighted by Crippen LogP contribution is -2.32. The maximum atomic E-state index is 12.8. The summed E-state index contributed by atoms with van der Waals surface area (Å²) in [5, 5.41) is 2.76. The van der Waals surface area contributed by atoms with Gasteiger partial charge in [-0.2, -0.15) is 0 Å². The topological polar surface area (TPSA) is 87.7 Å². The molecule has 0 spiro atoms. The molecular weight excluding hydrogens is 402 g/mol. The Balaban J connectivity index is 1.76. The van der Waals surface area contributed by atoms with E-state index in [0.717, 1.165) is 31.6 Å². The number of hydrogen-bond acceptors (Lipinski definition) is 5. The fraction of sp³-hybridized carbons (Fsp3) is 0.409. The lowest BCUT2D eigenvalue weighted by Gasteiger charge is -2.31. The average Bonchev–Trinajstić information content (AvgIpc) is 2.72. The number of ether oxygens (including phenoxy) is 1. The molecule has 2 N–H and O–H groups in total. The van der Waals surface area contributed by atoms with Gasteiger partial charge >= 0.3 is 0 Å². The van der Waals surface area contributed by atoms with Gasteiger partial charge in [0.05, 0.1) is 17.2 Å². The van der Waals surface area contributed by atoms with Crippen molar-refractivity contribution in [3.8, 4) is 0 Å². The normalized spacial score (nSPS) is 13.8. The molecule has 2 aromatic rings. The van der Waals surface area contributed by atoms with Gasteiger partial charge in [0.15, 0.2) is 0 Å². The predicted molar refractivity (Wildman–Crippen MR) is 120 cm³/mol. The van der Waals surface area contributed by atoms with E-state index in [4.69, 9.17) is 4.74 Å². The highest BCUT2D eigenvalue weighted by molar-refractivity contribution is 7.92. The summed E-state index contributed by atoms with van der Waals surface area (Å²) in [4.78, 5) is 14.2. The fourth-order valence-electron chi connectivity index (χ4n) is 3.37. The highest BCUT2D eigenvalue weighted by Crippen LogP contribution is 2.31. The Morgan fingerprint density at radius 2 is 1.83 bits per heavy atom. The molecule has 7 nitrogen and oxygen atoms in total. The molecule has 0 aliphatic carbocycles. The summed E-state index contributed by atoms with van der Waals surface area (Å²) in [5.74, 6) is -0.265. The van der Waals surface area contributed by atoms with Gasteiger partial charge in [-0.3, -0.25) is 9.52 Å². The van der Waals surface area contributed by atoms with Gasteiger partial charge in [-0.1, -0.05) is 19.9 Å². The fourth-order valence-corrected chi connectivity index (χ4v) is 4.42. The molecule has 1 amide bonds. The van der Waals surface area contributed by atoms with Gasteiger partial charge in [-0.05, 0) is 54.8 Å². The summed E-state index contributed by atoms with van der Waals surface area (Å²) in [7, 11) is -2.07. The van der Waals surface area contributed by atoms with E-state index in [1.165, 1.54) is 17.7 Å². The number of nitrogens with one attached hydrogen (secondary N) is 2. The number of hydrogen-bond donors (Lipinski definition) is 2. The van der Waals surface area contributed by atoms with Gasteiger partial charge in [0.2, 0.25) is 5.91 Å². The standard InChI is InChI=1S/C22H29N3O4S/c1-16(2)22(26)23-18-8-10-20(11-9-18)30(27,28)24-19-7-6-17-5-4-12-25(13-14-29-3)21(17)15-19/h6-11,15-16,24H,4-5,12-14H2,1-3H3,(H,23,26). The molecule has 0 atom stereocenters. The van der Waals surface area contributed by atoms with E-state index < -0.39 is 10.0 Å². The predicted octanol–water partition coefficient (Wildman–Crippen LogP) is 3.48. The van der Waals surface area contributed by atoms with Crippen LogP contribution in [0.1, 0.15) is 25.8 Å². The first kappa shape index (κ1) is 22.1. The Kier molecular flexibility index (Phi) is 6.99. The molecule has 0 aromatic heterocycles. The molecule has 3 rings (SSSR count). The van der Waals surface area contributed by atoms with Crippen LogP contribution in [0, 0.1) is 5.92 Å². The van der Waals surface area contributed by atoms with Crippen LogP contribution in [0.25, 0.3) is 0 Å². The lowest BCUT2D eigenvalue weighted by atomic mass is 10.0. The smallest absolute Gasteiger partial charge is 0.261 e. The number of fused-ring (bicyclic) bond motifs is 1. The molecule has 1 heterocycles. The molecule has 162 valence electrons. The van der Waals surface area contributed by atoms with Crippen LogP contribution >= 0.6 is 0 Å². The van der Waals surface area contributed by atoms with E-state index in [2.05, 4.69) is 14.9 Å². The van der Waals surface area contributed by atoms with Crippen LogP contribution in [-0.2, 0) is 26.0 Å². The molecule has 0 radical (unpaired) electrons. The largest absolute Gasteiger partial charge is 0.383 e. The number of amides is 1. The number of benzene rings is 2. The minimum absolute atomic E-state index is 0.115. The Hall–Kier alpha value is -2.58. The van der Waals surface area contributed by atoms with E-state index in [0.29, 0.717) is 18.0 Å². The van der Waals surface area contributed by atoms with Crippen LogP contribution < -0.4 is 14.9 Å². The van der Waals surface area contributed by atoms with Gasteiger partial charge in [-0.15, -0.1) is 0 Å². The summed E-state index contributed by atoms with van der Waals surface area (Å²) in [6.45, 7) is 5.91. The number of anilines is 3. The molecule has 2 aromatic carbocycles. The number of methoxy groups -OCH3 is 1. The van der Waals surface area contributed by atoms with Crippen LogP contribution in [0.3, 0.4) is 0 Å². The van der Waals surface area contributed by atoms with E-state index in [1.54, 1.807) is 39.2 Å². The van der Waals surface area contributed by atoms with Crippen molar-refractivity contribution in [2.24, 2.45) is 5.92 Å². The Labute approximate surface area is 178 Å². The molecule has 30 heavy (non-hydrogen) atoms. The van der Waals surface area contributed by atoms with Gasteiger partial charge in [0.1, 0.15) is 0 Å². The summed E-state index contributed by atoms with van der Waals surface area (Å²) in [6, 6.07) is 11.8. The maximum Gasteiger partial charge on any atom is 0.261 e. The van der Waals surface area contributed by atoms with E-state index in [-0.39, 0.29) is 16.7 Å². The van der Waals surface area contributed by atoms with E-state index >= 15 is 0 Å². The zero-order chi connectivity index (χ0) is 21.7. The average molecular weight is 432 g/mol. The number of sulfonamides is 1. The van der Waals surface area contributed by atoms with Crippen LogP contribution in [0.5, 0.6) is 0 Å². The summed E-state index contributed by atoms with van der Waals surface area (Å²) in [6.07, 6.45) is 2.05. The summed E-state index contributed by atoms with van der Waals surface area (Å²) < 4.78 is 33.5. The van der Waals surface area contributed by atoms with Gasteiger partial charge in [0, 0.05) is 37.5 Å². The zero-order valence-electron chi connectivity index (χ0n) is 17.6. The second-order valence-corrected chi connectivity index (χ2v) is 9.38. The van der Waals surface area contributed by atoms with Gasteiger partial charge < -0.3 is 15.0 Å². The van der Waals surface area contributed by atoms with Gasteiger partial charge in [0.25, 0.3) is 10.0 Å². The van der Waals surface area contributed by atoms with Crippen LogP contribution in [0.2, 0.25) is 0 Å². The third-order valence-corrected chi connectivity index (χ3v) is 6.47. The number of nitrogens with zero attached hydrogens (tertiary/aromatic N) is 1. The van der Waals surface area contributed by atoms with Crippen molar-refractivity contribution < 1.29 is 17.9 Å². The molecule has 0 unspecified atom stereocenters. The lowest BCUT2D eigenvalue weighted by molar-refractivity contribution is -0.118. The first-order chi connectivity index (χ1) is 14.3. The highest BCUT2D eigenvalue weighted by Gasteiger charge is 2.20. The van der Waals surface area contributed by atoms with Crippen LogP contribution in [-0.4, -0.2) is 41.1 Å². The summed E-state index contributed by atoms with van der Waals surface area (Å²) in [5.41, 5.74) is 3.35. The van der Waals surface area contributed by atoms with Gasteiger partial charge in [-0.25, -0.2) is 8.42 Å². The second-order valence-electron chi connectivity index (χ2n) is 7.70. The van der Waals surface area contributed by atoms with Crippen LogP contribution in [0.4, 0.5) is 17.1 Å². The first-order valence-electron chi connectivity index (χ1n) is 10.1. The van der Waals surface area contributed by atoms with Crippen molar-refractivity contribution in [3.05, 3.63) is 48.0 Å². The van der Waals surface area contributed by atoms with Crippen molar-refractivity contribution in [3.63, 3.8) is 0 Å². The monoisotopic (exact) mass is 431 g/mol. The van der Waals surface area contributed by atoms with Crippen molar-refractivity contribution >= 4 is 33.0 Å². The number of carbonyl (C=O) groups is 1.